The highest BCUT2D eigenvalue weighted by Crippen LogP contribution is 2.46. The van der Waals surface area contributed by atoms with Crippen LogP contribution in [0.1, 0.15) is 13.3 Å². The molecule has 2 aliphatic heterocycles. The molecule has 1 aromatic carbocycles. The van der Waals surface area contributed by atoms with Gasteiger partial charge in [-0.2, -0.15) is 0 Å². The van der Waals surface area contributed by atoms with Crippen LogP contribution in [-0.2, 0) is 22.6 Å². The first-order chi connectivity index (χ1) is 17.7. The summed E-state index contributed by atoms with van der Waals surface area (Å²) >= 11 is 0. The maximum atomic E-state index is 15.3. The van der Waals surface area contributed by atoms with Crippen LogP contribution in [-0.4, -0.2) is 62.6 Å². The van der Waals surface area contributed by atoms with E-state index in [9.17, 15) is 19.2 Å². The van der Waals surface area contributed by atoms with E-state index in [0.717, 1.165) is 17.0 Å². The number of rotatable bonds is 3. The van der Waals surface area contributed by atoms with Gasteiger partial charge in [-0.25, -0.2) is 32.9 Å². The number of hydrogen-bond acceptors (Lipinski definition) is 8. The summed E-state index contributed by atoms with van der Waals surface area (Å²) in [5.74, 6) is -2.07. The summed E-state index contributed by atoms with van der Waals surface area (Å²) in [7, 11) is 0. The zero-order chi connectivity index (χ0) is 26.1. The number of benzene rings is 1. The third-order valence-corrected chi connectivity index (χ3v) is 7.00. The topological polar surface area (TPSA) is 132 Å². The fourth-order valence-corrected chi connectivity index (χ4v) is 5.13. The van der Waals surface area contributed by atoms with Crippen molar-refractivity contribution in [2.75, 3.05) is 29.4 Å². The van der Waals surface area contributed by atoms with E-state index in [1.54, 1.807) is 0 Å². The summed E-state index contributed by atoms with van der Waals surface area (Å²) in [6, 6.07) is 1.75. The fraction of sp³-hybridized carbons (Fsp3) is 0.391. The molecule has 2 unspecified atom stereocenters. The molecule has 1 N–H and O–H groups in total. The van der Waals surface area contributed by atoms with Crippen molar-refractivity contribution in [1.29, 1.82) is 0 Å². The molecule has 4 heterocycles. The maximum Gasteiger partial charge on any atom is 0.415 e. The number of carbonyl (C=O) groups excluding carboxylic acids is 2. The first kappa shape index (κ1) is 23.1. The highest BCUT2D eigenvalue weighted by atomic mass is 19.1. The maximum absolute atomic E-state index is 15.3. The van der Waals surface area contributed by atoms with Crippen LogP contribution in [0.2, 0.25) is 0 Å². The Balaban J connectivity index is 1.27. The Hall–Kier alpha value is -4.36. The number of carbonyl (C=O) groups is 2. The van der Waals surface area contributed by atoms with Gasteiger partial charge in [-0.1, -0.05) is 0 Å². The molecule has 1 aliphatic carbocycles. The molecule has 2 amide bonds. The van der Waals surface area contributed by atoms with Crippen LogP contribution in [0.4, 0.5) is 25.0 Å². The van der Waals surface area contributed by atoms with E-state index >= 15 is 8.78 Å². The zero-order valence-electron chi connectivity index (χ0n) is 19.6. The number of aromatic nitrogens is 4. The van der Waals surface area contributed by atoms with Gasteiger partial charge in [0.1, 0.15) is 5.69 Å². The van der Waals surface area contributed by atoms with E-state index in [4.69, 9.17) is 4.74 Å². The Morgan fingerprint density at radius 3 is 2.11 bits per heavy atom. The van der Waals surface area contributed by atoms with Crippen LogP contribution in [0.3, 0.4) is 0 Å². The highest BCUT2D eigenvalue weighted by molar-refractivity contribution is 5.91. The molecular weight excluding hydrogens is 492 g/mol. The van der Waals surface area contributed by atoms with Crippen molar-refractivity contribution < 1.29 is 23.1 Å². The number of halogens is 2. The SMILES string of the molecule is CC(=O)NC1CC12CN(c1cc(F)c(N3CCn4c(=O)c5nccnc5c(=O)n4CC3)c(F)c1)C(=O)O2. The lowest BCUT2D eigenvalue weighted by Gasteiger charge is -2.24. The molecule has 6 rings (SSSR count). The van der Waals surface area contributed by atoms with Crippen LogP contribution in [0.5, 0.6) is 0 Å². The van der Waals surface area contributed by atoms with Crippen LogP contribution < -0.4 is 26.2 Å². The van der Waals surface area contributed by atoms with Gasteiger partial charge < -0.3 is 15.0 Å². The van der Waals surface area contributed by atoms with E-state index in [0.29, 0.717) is 6.42 Å². The first-order valence-electron chi connectivity index (χ1n) is 11.6. The number of fused-ring (bicyclic) bond motifs is 2. The minimum Gasteiger partial charge on any atom is -0.438 e. The Morgan fingerprint density at radius 1 is 1.00 bits per heavy atom. The predicted molar refractivity (Wildman–Crippen MR) is 125 cm³/mol. The second-order valence-corrected chi connectivity index (χ2v) is 9.33. The molecule has 3 aromatic rings. The monoisotopic (exact) mass is 513 g/mol. The summed E-state index contributed by atoms with van der Waals surface area (Å²) in [5.41, 5.74) is -2.40. The predicted octanol–water partition coefficient (Wildman–Crippen LogP) is 0.355. The lowest BCUT2D eigenvalue weighted by molar-refractivity contribution is -0.119. The molecule has 0 bridgehead atoms. The van der Waals surface area contributed by atoms with Crippen LogP contribution in [0.15, 0.2) is 34.1 Å². The van der Waals surface area contributed by atoms with Crippen molar-refractivity contribution >= 4 is 34.4 Å². The minimum absolute atomic E-state index is 0.00722. The Bertz CT molecular complexity index is 1520. The van der Waals surface area contributed by atoms with Gasteiger partial charge in [-0.3, -0.25) is 19.3 Å². The van der Waals surface area contributed by atoms with Crippen molar-refractivity contribution in [3.8, 4) is 0 Å². The summed E-state index contributed by atoms with van der Waals surface area (Å²) in [6.07, 6.45) is 2.30. The lowest BCUT2D eigenvalue weighted by atomic mass is 10.2. The summed E-state index contributed by atoms with van der Waals surface area (Å²) in [4.78, 5) is 60.0. The normalized spacial score (nSPS) is 22.7. The molecule has 2 aromatic heterocycles. The fourth-order valence-electron chi connectivity index (χ4n) is 5.13. The molecule has 3 aliphatic rings. The number of hydrogen-bond donors (Lipinski definition) is 1. The van der Waals surface area contributed by atoms with Crippen molar-refractivity contribution in [3.05, 3.63) is 56.9 Å². The van der Waals surface area contributed by atoms with Crippen molar-refractivity contribution in [2.45, 2.75) is 38.1 Å². The number of ether oxygens (including phenoxy) is 1. The average molecular weight is 513 g/mol. The van der Waals surface area contributed by atoms with Crippen LogP contribution in [0.25, 0.3) is 11.0 Å². The Kier molecular flexibility index (Phi) is 5.04. The highest BCUT2D eigenvalue weighted by Gasteiger charge is 2.64. The van der Waals surface area contributed by atoms with Gasteiger partial charge in [-0.05, 0) is 0 Å². The molecule has 192 valence electrons. The largest absolute Gasteiger partial charge is 0.438 e. The Labute approximate surface area is 207 Å². The van der Waals surface area contributed by atoms with E-state index in [-0.39, 0.29) is 67.1 Å². The molecule has 1 spiro atoms. The van der Waals surface area contributed by atoms with Crippen LogP contribution in [0, 0.1) is 11.6 Å². The summed E-state index contributed by atoms with van der Waals surface area (Å²) in [6.45, 7) is 1.49. The standard InChI is InChI=1S/C23H21F2N7O5/c1-12(33)28-16-10-23(16)11-30(22(36)37-23)13-8-14(24)19(15(25)9-13)29-4-6-31-20(34)17-18(27-3-2-26-17)21(35)32(31)7-5-29/h2-3,8-9,16H,4-7,10-11H2,1H3,(H,28,33). The van der Waals surface area contributed by atoms with Gasteiger partial charge in [-0.15, -0.1) is 0 Å². The van der Waals surface area contributed by atoms with Gasteiger partial charge in [0, 0.05) is 51.0 Å². The van der Waals surface area contributed by atoms with Gasteiger partial charge >= 0.3 is 6.09 Å². The second kappa shape index (κ2) is 8.08. The Morgan fingerprint density at radius 2 is 1.57 bits per heavy atom. The molecule has 0 radical (unpaired) electrons. The van der Waals surface area contributed by atoms with Crippen molar-refractivity contribution in [1.82, 2.24) is 24.6 Å². The van der Waals surface area contributed by atoms with E-state index in [2.05, 4.69) is 15.3 Å². The number of nitrogens with one attached hydrogen (secondary N) is 1. The third kappa shape index (κ3) is 3.62. The summed E-state index contributed by atoms with van der Waals surface area (Å²) < 4.78 is 38.5. The number of amides is 2. The second-order valence-electron chi connectivity index (χ2n) is 9.33. The minimum atomic E-state index is -0.905. The van der Waals surface area contributed by atoms with Crippen LogP contribution >= 0.6 is 0 Å². The molecule has 2 atom stereocenters. The summed E-state index contributed by atoms with van der Waals surface area (Å²) in [5, 5.41) is 2.69. The van der Waals surface area contributed by atoms with Gasteiger partial charge in [0.2, 0.25) is 5.91 Å². The molecule has 1 saturated heterocycles. The van der Waals surface area contributed by atoms with Gasteiger partial charge in [0.05, 0.1) is 31.4 Å². The molecule has 14 heteroatoms. The third-order valence-electron chi connectivity index (χ3n) is 7.00. The molecule has 37 heavy (non-hydrogen) atoms. The average Bonchev–Trinajstić information content (AvgIpc) is 3.46. The molecule has 2 fully saturated rings. The number of anilines is 2. The van der Waals surface area contributed by atoms with E-state index in [1.807, 2.05) is 0 Å². The molecule has 12 nitrogen and oxygen atoms in total. The van der Waals surface area contributed by atoms with Gasteiger partial charge in [0.15, 0.2) is 28.3 Å². The molecular formula is C23H21F2N7O5. The van der Waals surface area contributed by atoms with E-state index < -0.39 is 34.4 Å². The number of nitrogens with zero attached hydrogens (tertiary/aromatic N) is 6. The quantitative estimate of drug-likeness (QED) is 0.531. The van der Waals surface area contributed by atoms with Gasteiger partial charge in [0.25, 0.3) is 11.1 Å². The van der Waals surface area contributed by atoms with Crippen molar-refractivity contribution in [2.24, 2.45) is 0 Å². The zero-order valence-corrected chi connectivity index (χ0v) is 19.6. The first-order valence-corrected chi connectivity index (χ1v) is 11.6. The van der Waals surface area contributed by atoms with E-state index in [1.165, 1.54) is 33.6 Å². The van der Waals surface area contributed by atoms with Crippen molar-refractivity contribution in [3.63, 3.8) is 0 Å². The smallest absolute Gasteiger partial charge is 0.415 e. The molecule has 1 saturated carbocycles. The lowest BCUT2D eigenvalue weighted by Crippen LogP contribution is -2.39.